The van der Waals surface area contributed by atoms with Crippen LogP contribution < -0.4 is 14.8 Å². The molecule has 0 heterocycles. The Kier molecular flexibility index (Phi) is 6.71. The molecule has 1 aromatic carbocycles. The van der Waals surface area contributed by atoms with Crippen molar-refractivity contribution in [3.63, 3.8) is 0 Å². The first-order valence-corrected chi connectivity index (χ1v) is 7.08. The second kappa shape index (κ2) is 8.05. The van der Waals surface area contributed by atoms with Crippen molar-refractivity contribution in [1.29, 1.82) is 0 Å². The van der Waals surface area contributed by atoms with Crippen molar-refractivity contribution in [2.45, 2.75) is 45.6 Å². The smallest absolute Gasteiger partial charge is 0.126 e. The first-order chi connectivity index (χ1) is 9.13. The molecule has 0 bridgehead atoms. The Bertz CT molecular complexity index is 357. The maximum absolute atomic E-state index is 5.47. The third-order valence-electron chi connectivity index (χ3n) is 3.41. The van der Waals surface area contributed by atoms with Crippen LogP contribution in [-0.2, 0) is 0 Å². The number of hydrogen-bond donors (Lipinski definition) is 1. The SMILES string of the molecule is CCCNC(C)CC(C)c1c(OC)cccc1OC. The highest BCUT2D eigenvalue weighted by atomic mass is 16.5. The van der Waals surface area contributed by atoms with Gasteiger partial charge in [0.1, 0.15) is 11.5 Å². The van der Waals surface area contributed by atoms with Crippen LogP contribution in [0.5, 0.6) is 11.5 Å². The van der Waals surface area contributed by atoms with Crippen LogP contribution >= 0.6 is 0 Å². The van der Waals surface area contributed by atoms with Crippen LogP contribution in [0.1, 0.15) is 45.1 Å². The quantitative estimate of drug-likeness (QED) is 0.779. The lowest BCUT2D eigenvalue weighted by molar-refractivity contribution is 0.373. The van der Waals surface area contributed by atoms with Gasteiger partial charge in [-0.3, -0.25) is 0 Å². The fraction of sp³-hybridized carbons (Fsp3) is 0.625. The van der Waals surface area contributed by atoms with Gasteiger partial charge in [0.05, 0.1) is 14.2 Å². The fourth-order valence-electron chi connectivity index (χ4n) is 2.49. The molecule has 0 amide bonds. The molecular weight excluding hydrogens is 238 g/mol. The number of ether oxygens (including phenoxy) is 2. The molecule has 0 radical (unpaired) electrons. The third kappa shape index (κ3) is 4.43. The maximum Gasteiger partial charge on any atom is 0.126 e. The van der Waals surface area contributed by atoms with E-state index in [-0.39, 0.29) is 0 Å². The van der Waals surface area contributed by atoms with Gasteiger partial charge in [-0.05, 0) is 44.4 Å². The molecule has 0 aromatic heterocycles. The summed E-state index contributed by atoms with van der Waals surface area (Å²) in [5.74, 6) is 2.22. The van der Waals surface area contributed by atoms with Crippen molar-refractivity contribution < 1.29 is 9.47 Å². The molecule has 0 fully saturated rings. The first kappa shape index (κ1) is 15.8. The Morgan fingerprint density at radius 2 is 1.68 bits per heavy atom. The molecule has 0 aliphatic rings. The highest BCUT2D eigenvalue weighted by molar-refractivity contribution is 5.47. The molecule has 108 valence electrons. The zero-order chi connectivity index (χ0) is 14.3. The molecule has 1 rings (SSSR count). The Morgan fingerprint density at radius 1 is 1.11 bits per heavy atom. The van der Waals surface area contributed by atoms with Crippen LogP contribution in [0.25, 0.3) is 0 Å². The molecule has 3 heteroatoms. The van der Waals surface area contributed by atoms with Gasteiger partial charge < -0.3 is 14.8 Å². The summed E-state index contributed by atoms with van der Waals surface area (Å²) in [6, 6.07) is 6.45. The number of hydrogen-bond acceptors (Lipinski definition) is 3. The van der Waals surface area contributed by atoms with Crippen LogP contribution in [0, 0.1) is 0 Å². The van der Waals surface area contributed by atoms with E-state index in [9.17, 15) is 0 Å². The first-order valence-electron chi connectivity index (χ1n) is 7.08. The van der Waals surface area contributed by atoms with Gasteiger partial charge in [-0.2, -0.15) is 0 Å². The third-order valence-corrected chi connectivity index (χ3v) is 3.41. The van der Waals surface area contributed by atoms with E-state index in [0.29, 0.717) is 12.0 Å². The second-order valence-electron chi connectivity index (χ2n) is 5.07. The van der Waals surface area contributed by atoms with Crippen molar-refractivity contribution >= 4 is 0 Å². The predicted octanol–water partition coefficient (Wildman–Crippen LogP) is 3.59. The monoisotopic (exact) mass is 265 g/mol. The number of rotatable bonds is 8. The zero-order valence-electron chi connectivity index (χ0n) is 12.8. The van der Waals surface area contributed by atoms with Crippen LogP contribution in [0.4, 0.5) is 0 Å². The lowest BCUT2D eigenvalue weighted by atomic mass is 9.92. The lowest BCUT2D eigenvalue weighted by Gasteiger charge is -2.22. The number of benzene rings is 1. The summed E-state index contributed by atoms with van der Waals surface area (Å²) >= 11 is 0. The molecule has 0 aliphatic heterocycles. The largest absolute Gasteiger partial charge is 0.496 e. The average Bonchev–Trinajstić information content (AvgIpc) is 2.43. The summed E-state index contributed by atoms with van der Waals surface area (Å²) in [5.41, 5.74) is 1.16. The molecule has 1 N–H and O–H groups in total. The molecule has 0 saturated carbocycles. The second-order valence-corrected chi connectivity index (χ2v) is 5.07. The van der Waals surface area contributed by atoms with Gasteiger partial charge in [0.2, 0.25) is 0 Å². The van der Waals surface area contributed by atoms with Crippen molar-refractivity contribution in [2.24, 2.45) is 0 Å². The summed E-state index contributed by atoms with van der Waals surface area (Å²) in [6.45, 7) is 7.71. The molecule has 0 aliphatic carbocycles. The van der Waals surface area contributed by atoms with Gasteiger partial charge in [-0.15, -0.1) is 0 Å². The van der Waals surface area contributed by atoms with Crippen LogP contribution in [0.15, 0.2) is 18.2 Å². The average molecular weight is 265 g/mol. The molecule has 1 aromatic rings. The van der Waals surface area contributed by atoms with E-state index in [1.165, 1.54) is 0 Å². The summed E-state index contributed by atoms with van der Waals surface area (Å²) < 4.78 is 10.9. The Hall–Kier alpha value is -1.22. The summed E-state index contributed by atoms with van der Waals surface area (Å²) in [7, 11) is 3.42. The maximum atomic E-state index is 5.47. The highest BCUT2D eigenvalue weighted by Crippen LogP contribution is 2.37. The topological polar surface area (TPSA) is 30.5 Å². The van der Waals surface area contributed by atoms with Crippen LogP contribution in [-0.4, -0.2) is 26.8 Å². The van der Waals surface area contributed by atoms with Gasteiger partial charge in [0.25, 0.3) is 0 Å². The van der Waals surface area contributed by atoms with Gasteiger partial charge in [0.15, 0.2) is 0 Å². The molecule has 0 spiro atoms. The Balaban J connectivity index is 2.82. The zero-order valence-corrected chi connectivity index (χ0v) is 12.8. The van der Waals surface area contributed by atoms with E-state index in [2.05, 4.69) is 26.1 Å². The minimum absolute atomic E-state index is 0.394. The van der Waals surface area contributed by atoms with Crippen molar-refractivity contribution in [2.75, 3.05) is 20.8 Å². The number of nitrogens with one attached hydrogen (secondary N) is 1. The molecule has 2 unspecified atom stereocenters. The van der Waals surface area contributed by atoms with Crippen molar-refractivity contribution in [3.8, 4) is 11.5 Å². The normalized spacial score (nSPS) is 13.9. The van der Waals surface area contributed by atoms with E-state index in [1.54, 1.807) is 14.2 Å². The molecule has 19 heavy (non-hydrogen) atoms. The summed E-state index contributed by atoms with van der Waals surface area (Å²) in [5, 5.41) is 3.53. The van der Waals surface area contributed by atoms with Crippen molar-refractivity contribution in [3.05, 3.63) is 23.8 Å². The Labute approximate surface area is 117 Å². The van der Waals surface area contributed by atoms with Gasteiger partial charge in [-0.1, -0.05) is 19.9 Å². The van der Waals surface area contributed by atoms with E-state index >= 15 is 0 Å². The number of methoxy groups -OCH3 is 2. The van der Waals surface area contributed by atoms with Gasteiger partial charge in [-0.25, -0.2) is 0 Å². The Morgan fingerprint density at radius 3 is 2.16 bits per heavy atom. The van der Waals surface area contributed by atoms with E-state index < -0.39 is 0 Å². The van der Waals surface area contributed by atoms with E-state index in [4.69, 9.17) is 9.47 Å². The lowest BCUT2D eigenvalue weighted by Crippen LogP contribution is -2.28. The van der Waals surface area contributed by atoms with E-state index in [0.717, 1.165) is 36.4 Å². The minimum atomic E-state index is 0.394. The van der Waals surface area contributed by atoms with Gasteiger partial charge >= 0.3 is 0 Å². The fourth-order valence-corrected chi connectivity index (χ4v) is 2.49. The van der Waals surface area contributed by atoms with E-state index in [1.807, 2.05) is 18.2 Å². The molecule has 2 atom stereocenters. The molecular formula is C16H27NO2. The summed E-state index contributed by atoms with van der Waals surface area (Å²) in [4.78, 5) is 0. The highest BCUT2D eigenvalue weighted by Gasteiger charge is 2.18. The minimum Gasteiger partial charge on any atom is -0.496 e. The molecule has 3 nitrogen and oxygen atoms in total. The van der Waals surface area contributed by atoms with Gasteiger partial charge in [0, 0.05) is 11.6 Å². The molecule has 0 saturated heterocycles. The predicted molar refractivity (Wildman–Crippen MR) is 80.3 cm³/mol. The standard InChI is InChI=1S/C16H27NO2/c1-6-10-17-13(3)11-12(2)16-14(18-4)8-7-9-15(16)19-5/h7-9,12-13,17H,6,10-11H2,1-5H3. The van der Waals surface area contributed by atoms with Crippen LogP contribution in [0.3, 0.4) is 0 Å². The van der Waals surface area contributed by atoms with Crippen molar-refractivity contribution in [1.82, 2.24) is 5.32 Å². The summed E-state index contributed by atoms with van der Waals surface area (Å²) in [6.07, 6.45) is 2.23. The van der Waals surface area contributed by atoms with Crippen LogP contribution in [0.2, 0.25) is 0 Å².